The van der Waals surface area contributed by atoms with Gasteiger partial charge in [0.05, 0.1) is 18.2 Å². The van der Waals surface area contributed by atoms with Crippen LogP contribution in [-0.4, -0.2) is 38.6 Å². The molecule has 0 radical (unpaired) electrons. The first-order valence-corrected chi connectivity index (χ1v) is 7.64. The number of nitrogens with one attached hydrogen (secondary N) is 1. The minimum absolute atomic E-state index is 0. The smallest absolute Gasteiger partial charge is 0.251 e. The van der Waals surface area contributed by atoms with Gasteiger partial charge in [-0.15, -0.1) is 12.4 Å². The number of benzene rings is 1. The van der Waals surface area contributed by atoms with Crippen molar-refractivity contribution in [1.82, 2.24) is 10.2 Å². The predicted octanol–water partition coefficient (Wildman–Crippen LogP) is 3.70. The number of rotatable bonds is 6. The molecule has 1 aromatic carbocycles. The topological polar surface area (TPSA) is 54.7 Å². The second-order valence-corrected chi connectivity index (χ2v) is 5.89. The Morgan fingerprint density at radius 3 is 2.54 bits per heavy atom. The van der Waals surface area contributed by atoms with Gasteiger partial charge < -0.3 is 14.5 Å². The molecule has 0 fully saturated rings. The van der Waals surface area contributed by atoms with Gasteiger partial charge in [-0.25, -0.2) is 0 Å². The Morgan fingerprint density at radius 1 is 1.33 bits per heavy atom. The lowest BCUT2D eigenvalue weighted by molar-refractivity contribution is 0.0939. The molecule has 0 saturated carbocycles. The number of aryl methyl sites for hydroxylation is 1. The van der Waals surface area contributed by atoms with Crippen LogP contribution < -0.4 is 10.1 Å². The third-order valence-corrected chi connectivity index (χ3v) is 3.88. The number of methoxy groups -OCH3 is 1. The van der Waals surface area contributed by atoms with E-state index in [-0.39, 0.29) is 24.4 Å². The van der Waals surface area contributed by atoms with Crippen molar-refractivity contribution in [3.63, 3.8) is 0 Å². The first kappa shape index (κ1) is 20.4. The Morgan fingerprint density at radius 2 is 2.04 bits per heavy atom. The number of likely N-dealkylation sites (N-methyl/N-ethyl adjacent to an activating group) is 1. The van der Waals surface area contributed by atoms with Gasteiger partial charge in [0, 0.05) is 12.1 Å². The molecular formula is C17H22Cl2N2O3. The Balaban J connectivity index is 0.00000288. The van der Waals surface area contributed by atoms with E-state index in [9.17, 15) is 4.79 Å². The van der Waals surface area contributed by atoms with E-state index < -0.39 is 0 Å². The van der Waals surface area contributed by atoms with Crippen LogP contribution in [0.4, 0.5) is 0 Å². The van der Waals surface area contributed by atoms with Gasteiger partial charge in [-0.05, 0) is 51.4 Å². The average molecular weight is 373 g/mol. The summed E-state index contributed by atoms with van der Waals surface area (Å²) in [5.41, 5.74) is 0.490. The highest BCUT2D eigenvalue weighted by molar-refractivity contribution is 6.32. The highest BCUT2D eigenvalue weighted by Gasteiger charge is 2.19. The molecule has 24 heavy (non-hydrogen) atoms. The number of amides is 1. The normalized spacial score (nSPS) is 11.8. The van der Waals surface area contributed by atoms with E-state index in [1.165, 1.54) is 7.11 Å². The number of carbonyl (C=O) groups excluding carboxylic acids is 1. The van der Waals surface area contributed by atoms with Gasteiger partial charge in [0.1, 0.15) is 17.3 Å². The molecule has 0 aliphatic carbocycles. The molecule has 1 N–H and O–H groups in total. The van der Waals surface area contributed by atoms with Crippen molar-refractivity contribution >= 4 is 29.9 Å². The van der Waals surface area contributed by atoms with Gasteiger partial charge in [-0.2, -0.15) is 0 Å². The van der Waals surface area contributed by atoms with Gasteiger partial charge in [0.25, 0.3) is 5.91 Å². The standard InChI is InChI=1S/C17H21ClN2O3.ClH/c1-11-5-7-16(23-11)14(20(2)3)10-19-17(21)12-6-8-15(22-4)13(18)9-12;/h5-9,14H,10H2,1-4H3,(H,19,21);1H. The van der Waals surface area contributed by atoms with Crippen molar-refractivity contribution < 1.29 is 13.9 Å². The quantitative estimate of drug-likeness (QED) is 0.839. The lowest BCUT2D eigenvalue weighted by Gasteiger charge is -2.22. The molecule has 1 unspecified atom stereocenters. The van der Waals surface area contributed by atoms with Crippen molar-refractivity contribution in [1.29, 1.82) is 0 Å². The number of hydrogen-bond acceptors (Lipinski definition) is 4. The SMILES string of the molecule is COc1ccc(C(=O)NCC(c2ccc(C)o2)N(C)C)cc1Cl.Cl. The van der Waals surface area contributed by atoms with Crippen molar-refractivity contribution in [3.8, 4) is 5.75 Å². The molecule has 5 nitrogen and oxygen atoms in total. The highest BCUT2D eigenvalue weighted by atomic mass is 35.5. The maximum atomic E-state index is 12.3. The van der Waals surface area contributed by atoms with Gasteiger partial charge >= 0.3 is 0 Å². The van der Waals surface area contributed by atoms with Crippen LogP contribution >= 0.6 is 24.0 Å². The Kier molecular flexibility index (Phi) is 7.60. The monoisotopic (exact) mass is 372 g/mol. The van der Waals surface area contributed by atoms with E-state index in [1.54, 1.807) is 18.2 Å². The zero-order valence-electron chi connectivity index (χ0n) is 14.1. The third-order valence-electron chi connectivity index (χ3n) is 3.58. The molecule has 1 amide bonds. The average Bonchev–Trinajstić information content (AvgIpc) is 2.93. The highest BCUT2D eigenvalue weighted by Crippen LogP contribution is 2.25. The van der Waals surface area contributed by atoms with Crippen molar-refractivity contribution in [2.45, 2.75) is 13.0 Å². The van der Waals surface area contributed by atoms with Crippen LogP contribution in [0, 0.1) is 6.92 Å². The Labute approximate surface area is 153 Å². The maximum absolute atomic E-state index is 12.3. The summed E-state index contributed by atoms with van der Waals surface area (Å²) < 4.78 is 10.8. The molecule has 7 heteroatoms. The molecule has 0 aliphatic heterocycles. The molecule has 0 spiro atoms. The zero-order chi connectivity index (χ0) is 17.0. The fourth-order valence-corrected chi connectivity index (χ4v) is 2.53. The fourth-order valence-electron chi connectivity index (χ4n) is 2.27. The zero-order valence-corrected chi connectivity index (χ0v) is 15.7. The van der Waals surface area contributed by atoms with E-state index in [4.69, 9.17) is 20.8 Å². The van der Waals surface area contributed by atoms with Crippen molar-refractivity contribution in [3.05, 3.63) is 52.4 Å². The minimum atomic E-state index is -0.190. The fraction of sp³-hybridized carbons (Fsp3) is 0.353. The molecule has 1 atom stereocenters. The number of nitrogens with zero attached hydrogens (tertiary/aromatic N) is 1. The lowest BCUT2D eigenvalue weighted by Crippen LogP contribution is -2.34. The van der Waals surface area contributed by atoms with Crippen LogP contribution in [0.3, 0.4) is 0 Å². The summed E-state index contributed by atoms with van der Waals surface area (Å²) in [6.07, 6.45) is 0. The number of carbonyl (C=O) groups is 1. The van der Waals surface area contributed by atoms with Gasteiger partial charge in [-0.3, -0.25) is 9.69 Å². The summed E-state index contributed by atoms with van der Waals surface area (Å²) in [4.78, 5) is 14.3. The molecule has 1 aromatic heterocycles. The molecule has 132 valence electrons. The maximum Gasteiger partial charge on any atom is 0.251 e. The van der Waals surface area contributed by atoms with Crippen LogP contribution in [0.2, 0.25) is 5.02 Å². The molecule has 0 saturated heterocycles. The van der Waals surface area contributed by atoms with Crippen LogP contribution in [0.25, 0.3) is 0 Å². The van der Waals surface area contributed by atoms with Crippen LogP contribution in [0.5, 0.6) is 5.75 Å². The van der Waals surface area contributed by atoms with Gasteiger partial charge in [0.15, 0.2) is 0 Å². The molecule has 2 aromatic rings. The second-order valence-electron chi connectivity index (χ2n) is 5.49. The second kappa shape index (κ2) is 8.97. The summed E-state index contributed by atoms with van der Waals surface area (Å²) in [6, 6.07) is 8.75. The molecule has 2 rings (SSSR count). The first-order chi connectivity index (χ1) is 10.9. The van der Waals surface area contributed by atoms with Crippen molar-refractivity contribution in [2.75, 3.05) is 27.7 Å². The molecular weight excluding hydrogens is 351 g/mol. The number of hydrogen-bond donors (Lipinski definition) is 1. The van der Waals surface area contributed by atoms with Crippen LogP contribution in [0.15, 0.2) is 34.7 Å². The lowest BCUT2D eigenvalue weighted by atomic mass is 10.1. The van der Waals surface area contributed by atoms with E-state index in [0.29, 0.717) is 22.9 Å². The van der Waals surface area contributed by atoms with Crippen LogP contribution in [-0.2, 0) is 0 Å². The van der Waals surface area contributed by atoms with E-state index >= 15 is 0 Å². The van der Waals surface area contributed by atoms with E-state index in [2.05, 4.69) is 5.32 Å². The summed E-state index contributed by atoms with van der Waals surface area (Å²) >= 11 is 6.06. The third kappa shape index (κ3) is 4.90. The molecule has 0 aliphatic rings. The largest absolute Gasteiger partial charge is 0.495 e. The number of ether oxygens (including phenoxy) is 1. The van der Waals surface area contributed by atoms with E-state index in [0.717, 1.165) is 11.5 Å². The Hall–Kier alpha value is -1.69. The van der Waals surface area contributed by atoms with E-state index in [1.807, 2.05) is 38.1 Å². The minimum Gasteiger partial charge on any atom is -0.495 e. The molecule has 0 bridgehead atoms. The summed E-state index contributed by atoms with van der Waals surface area (Å²) in [7, 11) is 5.42. The van der Waals surface area contributed by atoms with Gasteiger partial charge in [0.2, 0.25) is 0 Å². The summed E-state index contributed by atoms with van der Waals surface area (Å²) in [5.74, 6) is 2.02. The van der Waals surface area contributed by atoms with Crippen LogP contribution in [0.1, 0.15) is 27.9 Å². The summed E-state index contributed by atoms with van der Waals surface area (Å²) in [5, 5.41) is 3.32. The predicted molar refractivity (Wildman–Crippen MR) is 97.5 cm³/mol. The summed E-state index contributed by atoms with van der Waals surface area (Å²) in [6.45, 7) is 2.33. The van der Waals surface area contributed by atoms with Crippen molar-refractivity contribution in [2.24, 2.45) is 0 Å². The number of furan rings is 1. The first-order valence-electron chi connectivity index (χ1n) is 7.27. The number of halogens is 2. The molecule has 1 heterocycles. The Bertz CT molecular complexity index is 686. The van der Waals surface area contributed by atoms with Gasteiger partial charge in [-0.1, -0.05) is 11.6 Å².